The molecule has 3 aromatic rings. The van der Waals surface area contributed by atoms with Crippen LogP contribution in [0.15, 0.2) is 48.7 Å². The van der Waals surface area contributed by atoms with Crippen LogP contribution in [-0.4, -0.2) is 25.5 Å². The van der Waals surface area contributed by atoms with Gasteiger partial charge >= 0.3 is 0 Å². The molecule has 2 heterocycles. The van der Waals surface area contributed by atoms with Gasteiger partial charge in [0.1, 0.15) is 5.82 Å². The van der Waals surface area contributed by atoms with E-state index in [2.05, 4.69) is 15.5 Å². The molecule has 0 bridgehead atoms. The van der Waals surface area contributed by atoms with E-state index in [1.807, 2.05) is 43.3 Å². The predicted molar refractivity (Wildman–Crippen MR) is 79.5 cm³/mol. The van der Waals surface area contributed by atoms with Crippen LogP contribution in [0.25, 0.3) is 5.69 Å². The van der Waals surface area contributed by atoms with Gasteiger partial charge in [0, 0.05) is 19.3 Å². The summed E-state index contributed by atoms with van der Waals surface area (Å²) in [5.41, 5.74) is 2.12. The van der Waals surface area contributed by atoms with Gasteiger partial charge in [-0.1, -0.05) is 18.2 Å². The van der Waals surface area contributed by atoms with Gasteiger partial charge in [-0.15, -0.1) is 0 Å². The molecule has 0 saturated carbocycles. The standard InChI is InChI=1S/C15H15N5O/c1-11-10-14(19(2)17-11)16-15(21)13-8-9-20(18-13)12-6-4-3-5-7-12/h3-10H,1-2H3,(H,16,21). The minimum atomic E-state index is -0.257. The van der Waals surface area contributed by atoms with Crippen LogP contribution < -0.4 is 5.32 Å². The van der Waals surface area contributed by atoms with Crippen molar-refractivity contribution >= 4 is 11.7 Å². The zero-order valence-corrected chi connectivity index (χ0v) is 11.8. The SMILES string of the molecule is Cc1cc(NC(=O)c2ccn(-c3ccccc3)n2)n(C)n1. The summed E-state index contributed by atoms with van der Waals surface area (Å²) in [5.74, 6) is 0.388. The maximum Gasteiger partial charge on any atom is 0.277 e. The van der Waals surface area contributed by atoms with Gasteiger partial charge in [0.25, 0.3) is 5.91 Å². The molecule has 6 heteroatoms. The number of para-hydroxylation sites is 1. The second-order valence-corrected chi connectivity index (χ2v) is 4.73. The molecule has 1 N–H and O–H groups in total. The van der Waals surface area contributed by atoms with Crippen LogP contribution in [-0.2, 0) is 7.05 Å². The van der Waals surface area contributed by atoms with Crippen molar-refractivity contribution < 1.29 is 4.79 Å². The largest absolute Gasteiger partial charge is 0.305 e. The van der Waals surface area contributed by atoms with Gasteiger partial charge in [-0.05, 0) is 25.1 Å². The summed E-state index contributed by atoms with van der Waals surface area (Å²) >= 11 is 0. The predicted octanol–water partition coefficient (Wildman–Crippen LogP) is 2.17. The molecule has 0 fully saturated rings. The number of hydrogen-bond acceptors (Lipinski definition) is 3. The maximum atomic E-state index is 12.2. The lowest BCUT2D eigenvalue weighted by molar-refractivity contribution is 0.102. The second kappa shape index (κ2) is 5.24. The lowest BCUT2D eigenvalue weighted by Crippen LogP contribution is -2.15. The van der Waals surface area contributed by atoms with Crippen LogP contribution in [0.5, 0.6) is 0 Å². The summed E-state index contributed by atoms with van der Waals surface area (Å²) in [6, 6.07) is 13.1. The maximum absolute atomic E-state index is 12.2. The minimum Gasteiger partial charge on any atom is -0.305 e. The minimum absolute atomic E-state index is 0.257. The van der Waals surface area contributed by atoms with Crippen molar-refractivity contribution in [3.63, 3.8) is 0 Å². The van der Waals surface area contributed by atoms with E-state index in [0.29, 0.717) is 11.5 Å². The Balaban J connectivity index is 1.80. The van der Waals surface area contributed by atoms with Crippen molar-refractivity contribution in [2.24, 2.45) is 7.05 Å². The summed E-state index contributed by atoms with van der Waals surface area (Å²) in [4.78, 5) is 12.2. The molecule has 21 heavy (non-hydrogen) atoms. The Labute approximate surface area is 122 Å². The van der Waals surface area contributed by atoms with E-state index in [1.54, 1.807) is 28.7 Å². The number of anilines is 1. The van der Waals surface area contributed by atoms with Gasteiger partial charge in [0.15, 0.2) is 5.69 Å². The third-order valence-corrected chi connectivity index (χ3v) is 3.09. The molecule has 1 amide bonds. The quantitative estimate of drug-likeness (QED) is 0.800. The molecule has 6 nitrogen and oxygen atoms in total. The molecule has 0 unspecified atom stereocenters. The molecule has 0 radical (unpaired) electrons. The van der Waals surface area contributed by atoms with Crippen LogP contribution in [0.3, 0.4) is 0 Å². The summed E-state index contributed by atoms with van der Waals surface area (Å²) in [6.07, 6.45) is 1.76. The number of amides is 1. The van der Waals surface area contributed by atoms with Crippen molar-refractivity contribution in [2.75, 3.05) is 5.32 Å². The highest BCUT2D eigenvalue weighted by atomic mass is 16.2. The molecule has 0 saturated heterocycles. The number of nitrogens with zero attached hydrogens (tertiary/aromatic N) is 4. The number of carbonyl (C=O) groups is 1. The zero-order valence-electron chi connectivity index (χ0n) is 11.8. The van der Waals surface area contributed by atoms with E-state index in [1.165, 1.54) is 0 Å². The second-order valence-electron chi connectivity index (χ2n) is 4.73. The third kappa shape index (κ3) is 2.69. The van der Waals surface area contributed by atoms with E-state index in [4.69, 9.17) is 0 Å². The van der Waals surface area contributed by atoms with Crippen LogP contribution in [0.2, 0.25) is 0 Å². The monoisotopic (exact) mass is 281 g/mol. The van der Waals surface area contributed by atoms with Crippen LogP contribution >= 0.6 is 0 Å². The average Bonchev–Trinajstić information content (AvgIpc) is 3.07. The molecule has 106 valence electrons. The summed E-state index contributed by atoms with van der Waals surface area (Å²) < 4.78 is 3.30. The molecular formula is C15H15N5O. The Kier molecular flexibility index (Phi) is 3.27. The number of rotatable bonds is 3. The van der Waals surface area contributed by atoms with Gasteiger partial charge in [-0.2, -0.15) is 10.2 Å². The van der Waals surface area contributed by atoms with Crippen LogP contribution in [0, 0.1) is 6.92 Å². The fourth-order valence-electron chi connectivity index (χ4n) is 2.08. The van der Waals surface area contributed by atoms with Gasteiger partial charge in [-0.3, -0.25) is 9.48 Å². The number of hydrogen-bond donors (Lipinski definition) is 1. The van der Waals surface area contributed by atoms with Crippen molar-refractivity contribution in [3.05, 3.63) is 60.0 Å². The van der Waals surface area contributed by atoms with E-state index in [0.717, 1.165) is 11.4 Å². The number of carbonyl (C=O) groups excluding carboxylic acids is 1. The van der Waals surface area contributed by atoms with E-state index < -0.39 is 0 Å². The lowest BCUT2D eigenvalue weighted by Gasteiger charge is -2.03. The Morgan fingerprint density at radius 3 is 2.57 bits per heavy atom. The number of benzene rings is 1. The normalized spacial score (nSPS) is 10.6. The summed E-state index contributed by atoms with van der Waals surface area (Å²) in [7, 11) is 1.78. The first kappa shape index (κ1) is 13.1. The van der Waals surface area contributed by atoms with Crippen LogP contribution in [0.1, 0.15) is 16.2 Å². The van der Waals surface area contributed by atoms with E-state index >= 15 is 0 Å². The first-order valence-corrected chi connectivity index (χ1v) is 6.56. The molecule has 2 aromatic heterocycles. The lowest BCUT2D eigenvalue weighted by atomic mass is 10.3. The zero-order chi connectivity index (χ0) is 14.8. The summed E-state index contributed by atoms with van der Waals surface area (Å²) in [5, 5.41) is 11.3. The first-order chi connectivity index (χ1) is 10.1. The van der Waals surface area contributed by atoms with E-state index in [9.17, 15) is 4.79 Å². The fourth-order valence-corrected chi connectivity index (χ4v) is 2.08. The van der Waals surface area contributed by atoms with Gasteiger partial charge < -0.3 is 5.32 Å². The van der Waals surface area contributed by atoms with E-state index in [-0.39, 0.29) is 5.91 Å². The fraction of sp³-hybridized carbons (Fsp3) is 0.133. The highest BCUT2D eigenvalue weighted by Crippen LogP contribution is 2.11. The van der Waals surface area contributed by atoms with Gasteiger partial charge in [0.2, 0.25) is 0 Å². The smallest absolute Gasteiger partial charge is 0.277 e. The highest BCUT2D eigenvalue weighted by molar-refractivity contribution is 6.02. The number of aryl methyl sites for hydroxylation is 2. The molecule has 0 aliphatic heterocycles. The summed E-state index contributed by atoms with van der Waals surface area (Å²) in [6.45, 7) is 1.87. The third-order valence-electron chi connectivity index (χ3n) is 3.09. The number of aromatic nitrogens is 4. The average molecular weight is 281 g/mol. The molecule has 0 spiro atoms. The van der Waals surface area contributed by atoms with Crippen molar-refractivity contribution in [2.45, 2.75) is 6.92 Å². The Hall–Kier alpha value is -2.89. The molecule has 1 aromatic carbocycles. The molecular weight excluding hydrogens is 266 g/mol. The van der Waals surface area contributed by atoms with Crippen molar-refractivity contribution in [3.8, 4) is 5.69 Å². The van der Waals surface area contributed by atoms with Gasteiger partial charge in [-0.25, -0.2) is 4.68 Å². The van der Waals surface area contributed by atoms with Crippen molar-refractivity contribution in [1.82, 2.24) is 19.6 Å². The molecule has 0 aliphatic rings. The molecule has 3 rings (SSSR count). The molecule has 0 aliphatic carbocycles. The van der Waals surface area contributed by atoms with Crippen LogP contribution in [0.4, 0.5) is 5.82 Å². The molecule has 0 atom stereocenters. The Bertz CT molecular complexity index is 772. The number of nitrogens with one attached hydrogen (secondary N) is 1. The van der Waals surface area contributed by atoms with Gasteiger partial charge in [0.05, 0.1) is 11.4 Å². The van der Waals surface area contributed by atoms with Crippen molar-refractivity contribution in [1.29, 1.82) is 0 Å². The highest BCUT2D eigenvalue weighted by Gasteiger charge is 2.12. The topological polar surface area (TPSA) is 64.7 Å². The Morgan fingerprint density at radius 2 is 1.90 bits per heavy atom. The Morgan fingerprint density at radius 1 is 1.14 bits per heavy atom. The first-order valence-electron chi connectivity index (χ1n) is 6.56.